The predicted octanol–water partition coefficient (Wildman–Crippen LogP) is 10.8. The van der Waals surface area contributed by atoms with Gasteiger partial charge in [0.15, 0.2) is 0 Å². The van der Waals surface area contributed by atoms with Crippen molar-refractivity contribution in [2.75, 3.05) is 41.6 Å². The second kappa shape index (κ2) is 26.7. The van der Waals surface area contributed by atoms with Crippen LogP contribution in [0.1, 0.15) is 76.3 Å². The molecule has 350 valence electrons. The molecule has 2 aliphatic rings. The molecule has 0 heterocycles. The van der Waals surface area contributed by atoms with Crippen LogP contribution in [0.3, 0.4) is 0 Å². The normalized spacial score (nSPS) is 20.6. The fourth-order valence-corrected chi connectivity index (χ4v) is 12.5. The molecular formula is C53H66O8S4. The van der Waals surface area contributed by atoms with Crippen molar-refractivity contribution >= 4 is 92.1 Å². The van der Waals surface area contributed by atoms with Gasteiger partial charge in [-0.3, -0.25) is 19.2 Å². The molecule has 2 saturated carbocycles. The third-order valence-electron chi connectivity index (χ3n) is 11.9. The molecule has 8 nitrogen and oxygen atoms in total. The number of hydrogen-bond donors (Lipinski definition) is 3. The van der Waals surface area contributed by atoms with Crippen molar-refractivity contribution in [2.45, 2.75) is 99.8 Å². The summed E-state index contributed by atoms with van der Waals surface area (Å²) in [6.07, 6.45) is 15.5. The van der Waals surface area contributed by atoms with E-state index >= 15 is 0 Å². The molecule has 6 rings (SSSR count). The summed E-state index contributed by atoms with van der Waals surface area (Å²) in [6, 6.07) is 29.5. The van der Waals surface area contributed by atoms with E-state index < -0.39 is 17.2 Å². The molecule has 65 heavy (non-hydrogen) atoms. The molecule has 4 aromatic rings. The monoisotopic (exact) mass is 958 g/mol. The molecule has 2 aliphatic carbocycles. The number of aryl methyl sites for hydroxylation is 2. The maximum absolute atomic E-state index is 12.4. The molecule has 3 N–H and O–H groups in total. The van der Waals surface area contributed by atoms with Crippen molar-refractivity contribution < 1.29 is 39.2 Å². The van der Waals surface area contributed by atoms with E-state index in [4.69, 9.17) is 5.11 Å². The Balaban J connectivity index is 0.000000244. The maximum Gasteiger partial charge on any atom is 0.315 e. The maximum atomic E-state index is 12.4. The smallest absolute Gasteiger partial charge is 0.315 e. The Labute approximate surface area is 402 Å². The van der Waals surface area contributed by atoms with Crippen LogP contribution in [0.5, 0.6) is 0 Å². The molecule has 2 fully saturated rings. The molecule has 0 aliphatic heterocycles. The van der Waals surface area contributed by atoms with E-state index in [-0.39, 0.29) is 34.1 Å². The van der Waals surface area contributed by atoms with E-state index in [9.17, 15) is 29.4 Å². The Bertz CT molecular complexity index is 2240. The number of carbonyl (C=O) groups excluding carboxylic acids is 3. The Morgan fingerprint density at radius 2 is 1.08 bits per heavy atom. The summed E-state index contributed by atoms with van der Waals surface area (Å²) in [5.74, 6) is 3.89. The molecule has 0 aromatic heterocycles. The van der Waals surface area contributed by atoms with Crippen LogP contribution in [0.15, 0.2) is 109 Å². The quantitative estimate of drug-likeness (QED) is 0.0350. The van der Waals surface area contributed by atoms with E-state index in [0.717, 1.165) is 61.5 Å². The number of carboxylic acid groups (broad SMARTS) is 1. The van der Waals surface area contributed by atoms with E-state index in [2.05, 4.69) is 71.5 Å². The number of Topliss-reactive ketones (excluding diaryl/α,β-unsaturated/α-hetero) is 2. The van der Waals surface area contributed by atoms with Crippen LogP contribution in [-0.4, -0.2) is 102 Å². The molecule has 0 spiro atoms. The highest BCUT2D eigenvalue weighted by Gasteiger charge is 2.35. The molecule has 0 saturated heterocycles. The van der Waals surface area contributed by atoms with Gasteiger partial charge in [0, 0.05) is 12.8 Å². The van der Waals surface area contributed by atoms with Crippen molar-refractivity contribution in [1.82, 2.24) is 0 Å². The van der Waals surface area contributed by atoms with Gasteiger partial charge in [-0.15, -0.1) is 23.5 Å². The summed E-state index contributed by atoms with van der Waals surface area (Å²) in [5, 5.41) is 35.3. The van der Waals surface area contributed by atoms with Crippen molar-refractivity contribution in [1.29, 1.82) is 0 Å². The van der Waals surface area contributed by atoms with Crippen LogP contribution in [0.4, 0.5) is 0 Å². The molecule has 0 radical (unpaired) electrons. The highest BCUT2D eigenvalue weighted by atomic mass is 32.2. The van der Waals surface area contributed by atoms with Gasteiger partial charge in [-0.05, 0) is 133 Å². The minimum Gasteiger partial charge on any atom is -0.481 e. The van der Waals surface area contributed by atoms with Crippen LogP contribution in [0.2, 0.25) is 0 Å². The number of fused-ring (bicyclic) bond motifs is 2. The predicted molar refractivity (Wildman–Crippen MR) is 276 cm³/mol. The minimum atomic E-state index is -0.917. The van der Waals surface area contributed by atoms with E-state index in [0.29, 0.717) is 43.0 Å². The van der Waals surface area contributed by atoms with Gasteiger partial charge in [0.05, 0.1) is 40.3 Å². The van der Waals surface area contributed by atoms with Gasteiger partial charge in [-0.1, -0.05) is 109 Å². The molecule has 6 atom stereocenters. The lowest BCUT2D eigenvalue weighted by Gasteiger charge is -2.21. The van der Waals surface area contributed by atoms with Gasteiger partial charge in [0.1, 0.15) is 11.6 Å². The Kier molecular flexibility index (Phi) is 21.6. The van der Waals surface area contributed by atoms with Crippen LogP contribution in [0, 0.1) is 11.8 Å². The number of esters is 1. The average molecular weight is 959 g/mol. The fraction of sp³-hybridized carbons (Fsp3) is 0.472. The second-order valence-electron chi connectivity index (χ2n) is 17.5. The third kappa shape index (κ3) is 18.2. The summed E-state index contributed by atoms with van der Waals surface area (Å²) < 4.78 is 4.64. The van der Waals surface area contributed by atoms with Crippen molar-refractivity contribution in [2.24, 2.45) is 11.8 Å². The second-order valence-corrected chi connectivity index (χ2v) is 22.2. The zero-order valence-corrected chi connectivity index (χ0v) is 41.3. The lowest BCUT2D eigenvalue weighted by atomic mass is 9.93. The van der Waals surface area contributed by atoms with Gasteiger partial charge in [-0.25, -0.2) is 0 Å². The third-order valence-corrected chi connectivity index (χ3v) is 16.9. The van der Waals surface area contributed by atoms with Gasteiger partial charge in [-0.2, -0.15) is 23.5 Å². The Morgan fingerprint density at radius 1 is 0.646 bits per heavy atom. The topological polar surface area (TPSA) is 138 Å². The number of carboxylic acids is 1. The van der Waals surface area contributed by atoms with E-state index in [1.54, 1.807) is 35.3 Å². The Morgan fingerprint density at radius 3 is 1.51 bits per heavy atom. The summed E-state index contributed by atoms with van der Waals surface area (Å²) in [6.45, 7) is 3.69. The number of aliphatic hydroxyl groups is 2. The number of rotatable bonds is 24. The van der Waals surface area contributed by atoms with Gasteiger partial charge >= 0.3 is 11.9 Å². The first-order valence-corrected chi connectivity index (χ1v) is 27.1. The van der Waals surface area contributed by atoms with Gasteiger partial charge < -0.3 is 20.1 Å². The number of hydrogen-bond acceptors (Lipinski definition) is 11. The number of ether oxygens (including phenoxy) is 1. The summed E-state index contributed by atoms with van der Waals surface area (Å²) in [7, 11) is 1.40. The van der Waals surface area contributed by atoms with Crippen LogP contribution >= 0.6 is 47.0 Å². The lowest BCUT2D eigenvalue weighted by Crippen LogP contribution is -2.23. The standard InChI is InChI=1S/C27H34O4S2.C26H32O4S2/c1-27(30,14-12-20-8-9-21-6-3-4-7-23(21)18-20)15-13-22-10-11-24(28)26(22)33-17-5-16-32-19-25(29)31-2;1-26(30,13-11-19-7-8-20-5-2-3-6-22(20)17-19)14-12-21-9-10-23(27)25(21)32-16-4-15-31-18-24(28)29/h3-4,6-9,13,15,18,22,26,30H,5,10-12,14,16-17,19H2,1-2H3;2-3,5-8,12,14,17,21,25,30H,4,9-11,13,15-16,18H2,1H3,(H,28,29)/b15-13+;14-12+/t22-,26-,27?;21-,25-,26?/m11/s1. The Hall–Kier alpha value is -3.52. The molecule has 4 aromatic carbocycles. The first kappa shape index (κ1) is 52.4. The van der Waals surface area contributed by atoms with Crippen LogP contribution < -0.4 is 0 Å². The highest BCUT2D eigenvalue weighted by Crippen LogP contribution is 2.36. The molecule has 12 heteroatoms. The zero-order valence-electron chi connectivity index (χ0n) is 38.0. The largest absolute Gasteiger partial charge is 0.481 e. The van der Waals surface area contributed by atoms with Crippen molar-refractivity contribution in [3.05, 3.63) is 120 Å². The minimum absolute atomic E-state index is 0.0249. The number of benzene rings is 4. The SMILES string of the molecule is CC(O)(/C=C/[C@H]1CCC(=O)[C@@H]1SCCCSCC(=O)O)CCc1ccc2ccccc2c1.COC(=O)CSCCCS[C@H]1C(=O)CC[C@@H]1/C=C/C(C)(O)CCc1ccc2ccccc2c1. The number of ketones is 2. The molecular weight excluding hydrogens is 893 g/mol. The highest BCUT2D eigenvalue weighted by molar-refractivity contribution is 8.01. The number of methoxy groups -OCH3 is 1. The first-order valence-electron chi connectivity index (χ1n) is 22.7. The number of aliphatic carboxylic acids is 1. The van der Waals surface area contributed by atoms with Gasteiger partial charge in [0.2, 0.25) is 0 Å². The first-order chi connectivity index (χ1) is 31.2. The average Bonchev–Trinajstić information content (AvgIpc) is 3.84. The fourth-order valence-electron chi connectivity index (χ4n) is 8.04. The molecule has 0 amide bonds. The summed E-state index contributed by atoms with van der Waals surface area (Å²) >= 11 is 6.38. The van der Waals surface area contributed by atoms with Crippen molar-refractivity contribution in [3.8, 4) is 0 Å². The molecule has 0 bridgehead atoms. The van der Waals surface area contributed by atoms with E-state index in [1.807, 2.05) is 56.3 Å². The van der Waals surface area contributed by atoms with Gasteiger partial charge in [0.25, 0.3) is 0 Å². The number of allylic oxidation sites excluding steroid dienone is 2. The van der Waals surface area contributed by atoms with Crippen LogP contribution in [-0.2, 0) is 36.8 Å². The summed E-state index contributed by atoms with van der Waals surface area (Å²) in [4.78, 5) is 46.4. The summed E-state index contributed by atoms with van der Waals surface area (Å²) in [5.41, 5.74) is 0.608. The number of thioether (sulfide) groups is 4. The van der Waals surface area contributed by atoms with E-state index in [1.165, 1.54) is 51.5 Å². The van der Waals surface area contributed by atoms with Crippen LogP contribution in [0.25, 0.3) is 21.5 Å². The zero-order chi connectivity index (χ0) is 46.7. The molecule has 2 unspecified atom stereocenters. The number of carbonyl (C=O) groups is 4. The van der Waals surface area contributed by atoms with Crippen molar-refractivity contribution in [3.63, 3.8) is 0 Å². The lowest BCUT2D eigenvalue weighted by molar-refractivity contribution is -0.137.